The lowest BCUT2D eigenvalue weighted by atomic mass is 10.1. The van der Waals surface area contributed by atoms with Crippen molar-refractivity contribution >= 4 is 21.8 Å². The van der Waals surface area contributed by atoms with E-state index in [9.17, 15) is 18.0 Å². The summed E-state index contributed by atoms with van der Waals surface area (Å²) in [6.07, 6.45) is 0.538. The number of amides is 2. The van der Waals surface area contributed by atoms with Gasteiger partial charge in [0.05, 0.1) is 17.1 Å². The Hall–Kier alpha value is -3.69. The average Bonchev–Trinajstić information content (AvgIpc) is 2.89. The fourth-order valence-electron chi connectivity index (χ4n) is 4.11. The molecule has 1 aliphatic heterocycles. The second kappa shape index (κ2) is 10.9. The van der Waals surface area contributed by atoms with E-state index in [-0.39, 0.29) is 23.9 Å². The van der Waals surface area contributed by atoms with Gasteiger partial charge in [-0.15, -0.1) is 0 Å². The van der Waals surface area contributed by atoms with Crippen molar-refractivity contribution in [1.29, 1.82) is 0 Å². The summed E-state index contributed by atoms with van der Waals surface area (Å²) in [6.45, 7) is 3.36. The number of aryl methyl sites for hydroxylation is 1. The van der Waals surface area contributed by atoms with Gasteiger partial charge in [-0.05, 0) is 48.9 Å². The van der Waals surface area contributed by atoms with Crippen LogP contribution in [0, 0.1) is 6.92 Å². The van der Waals surface area contributed by atoms with Gasteiger partial charge in [0.25, 0.3) is 11.8 Å². The van der Waals surface area contributed by atoms with Gasteiger partial charge in [-0.2, -0.15) is 4.31 Å². The second-order valence-electron chi connectivity index (χ2n) is 8.67. The number of nitrogens with zero attached hydrogens (tertiary/aromatic N) is 2. The van der Waals surface area contributed by atoms with Crippen LogP contribution in [0.3, 0.4) is 0 Å². The monoisotopic (exact) mass is 507 g/mol. The minimum Gasteiger partial charge on any atom is -0.492 e. The Morgan fingerprint density at radius 1 is 0.917 bits per heavy atom. The van der Waals surface area contributed by atoms with Crippen LogP contribution in [-0.4, -0.2) is 62.2 Å². The summed E-state index contributed by atoms with van der Waals surface area (Å²) in [5.74, 6) is -0.259. The highest BCUT2D eigenvalue weighted by Gasteiger charge is 2.30. The number of rotatable bonds is 8. The van der Waals surface area contributed by atoms with E-state index in [1.807, 2.05) is 25.1 Å². The maximum atomic E-state index is 13.1. The van der Waals surface area contributed by atoms with Crippen LogP contribution in [0.15, 0.2) is 77.7 Å². The number of hydrogen-bond acceptors (Lipinski definition) is 5. The first-order valence-electron chi connectivity index (χ1n) is 11.7. The average molecular weight is 508 g/mol. The number of carbonyl (C=O) groups is 2. The maximum absolute atomic E-state index is 13.1. The Labute approximate surface area is 211 Å². The largest absolute Gasteiger partial charge is 0.492 e. The van der Waals surface area contributed by atoms with Crippen LogP contribution >= 0.6 is 0 Å². The van der Waals surface area contributed by atoms with Crippen LogP contribution in [-0.2, 0) is 16.4 Å². The standard InChI is InChI=1S/C27H29N3O5S/c1-20-9-11-23(12-10-20)36(33,34)30-16-14-29(15-17-30)27(32)22-6-4-5-21(19-22)13-18-35-25-8-3-2-7-24(25)26(28)31/h2-12,19H,13-18H2,1H3,(H2,28,31). The minimum atomic E-state index is -3.59. The molecule has 1 saturated heterocycles. The molecule has 0 spiro atoms. The van der Waals surface area contributed by atoms with Crippen molar-refractivity contribution in [3.8, 4) is 5.75 Å². The molecule has 0 bridgehead atoms. The highest BCUT2D eigenvalue weighted by molar-refractivity contribution is 7.89. The Morgan fingerprint density at radius 2 is 1.61 bits per heavy atom. The summed E-state index contributed by atoms with van der Waals surface area (Å²) in [6, 6.07) is 20.9. The van der Waals surface area contributed by atoms with Gasteiger partial charge in [-0.3, -0.25) is 9.59 Å². The third-order valence-corrected chi connectivity index (χ3v) is 8.07. The van der Waals surface area contributed by atoms with Crippen molar-refractivity contribution in [2.24, 2.45) is 5.73 Å². The zero-order valence-electron chi connectivity index (χ0n) is 20.1. The number of carbonyl (C=O) groups excluding carboxylic acids is 2. The predicted octanol–water partition coefficient (Wildman–Crippen LogP) is 2.86. The molecule has 3 aromatic rings. The molecule has 8 nitrogen and oxygen atoms in total. The Bertz CT molecular complexity index is 1350. The van der Waals surface area contributed by atoms with Gasteiger partial charge < -0.3 is 15.4 Å². The van der Waals surface area contributed by atoms with E-state index in [0.29, 0.717) is 43.0 Å². The van der Waals surface area contributed by atoms with Gasteiger partial charge in [0, 0.05) is 38.2 Å². The third-order valence-electron chi connectivity index (χ3n) is 6.16. The summed E-state index contributed by atoms with van der Waals surface area (Å²) < 4.78 is 33.0. The lowest BCUT2D eigenvalue weighted by Gasteiger charge is -2.34. The van der Waals surface area contributed by atoms with E-state index in [1.54, 1.807) is 59.5 Å². The van der Waals surface area contributed by atoms with E-state index >= 15 is 0 Å². The molecule has 36 heavy (non-hydrogen) atoms. The molecule has 1 fully saturated rings. The van der Waals surface area contributed by atoms with Gasteiger partial charge in [0.15, 0.2) is 0 Å². The number of primary amides is 1. The molecular formula is C27H29N3O5S. The van der Waals surface area contributed by atoms with Crippen LogP contribution in [0.2, 0.25) is 0 Å². The number of sulfonamides is 1. The van der Waals surface area contributed by atoms with Crippen LogP contribution in [0.25, 0.3) is 0 Å². The first-order valence-corrected chi connectivity index (χ1v) is 13.2. The lowest BCUT2D eigenvalue weighted by Crippen LogP contribution is -2.50. The molecule has 0 atom stereocenters. The van der Waals surface area contributed by atoms with Crippen molar-refractivity contribution in [3.63, 3.8) is 0 Å². The van der Waals surface area contributed by atoms with Gasteiger partial charge in [-0.1, -0.05) is 42.0 Å². The highest BCUT2D eigenvalue weighted by atomic mass is 32.2. The van der Waals surface area contributed by atoms with Crippen LogP contribution in [0.4, 0.5) is 0 Å². The molecule has 2 amide bonds. The summed E-state index contributed by atoms with van der Waals surface area (Å²) in [7, 11) is -3.59. The van der Waals surface area contributed by atoms with Crippen molar-refractivity contribution < 1.29 is 22.7 Å². The van der Waals surface area contributed by atoms with E-state index < -0.39 is 15.9 Å². The third kappa shape index (κ3) is 5.75. The molecule has 188 valence electrons. The fraction of sp³-hybridized carbons (Fsp3) is 0.259. The Balaban J connectivity index is 1.34. The number of hydrogen-bond donors (Lipinski definition) is 1. The highest BCUT2D eigenvalue weighted by Crippen LogP contribution is 2.20. The normalized spacial score (nSPS) is 14.4. The van der Waals surface area contributed by atoms with Crippen molar-refractivity contribution in [1.82, 2.24) is 9.21 Å². The summed E-state index contributed by atoms with van der Waals surface area (Å²) in [5.41, 5.74) is 8.17. The van der Waals surface area contributed by atoms with Crippen LogP contribution < -0.4 is 10.5 Å². The van der Waals surface area contributed by atoms with Crippen LogP contribution in [0.5, 0.6) is 5.75 Å². The summed E-state index contributed by atoms with van der Waals surface area (Å²) in [4.78, 5) is 26.6. The van der Waals surface area contributed by atoms with E-state index in [2.05, 4.69) is 0 Å². The molecule has 0 unspecified atom stereocenters. The number of nitrogens with two attached hydrogens (primary N) is 1. The zero-order chi connectivity index (χ0) is 25.7. The van der Waals surface area contributed by atoms with Gasteiger partial charge in [0.1, 0.15) is 5.75 Å². The number of benzene rings is 3. The van der Waals surface area contributed by atoms with Crippen molar-refractivity contribution in [2.75, 3.05) is 32.8 Å². The molecule has 0 aromatic heterocycles. The molecular weight excluding hydrogens is 478 g/mol. The van der Waals surface area contributed by atoms with Crippen LogP contribution in [0.1, 0.15) is 31.8 Å². The predicted molar refractivity (Wildman–Crippen MR) is 136 cm³/mol. The quantitative estimate of drug-likeness (QED) is 0.504. The van der Waals surface area contributed by atoms with E-state index in [1.165, 1.54) is 4.31 Å². The first-order chi connectivity index (χ1) is 17.3. The summed E-state index contributed by atoms with van der Waals surface area (Å²) >= 11 is 0. The minimum absolute atomic E-state index is 0.135. The van der Waals surface area contributed by atoms with Crippen molar-refractivity contribution in [3.05, 3.63) is 95.1 Å². The molecule has 9 heteroatoms. The molecule has 2 N–H and O–H groups in total. The SMILES string of the molecule is Cc1ccc(S(=O)(=O)N2CCN(C(=O)c3cccc(CCOc4ccccc4C(N)=O)c3)CC2)cc1. The molecule has 3 aromatic carbocycles. The Morgan fingerprint density at radius 3 is 2.31 bits per heavy atom. The smallest absolute Gasteiger partial charge is 0.253 e. The zero-order valence-corrected chi connectivity index (χ0v) is 20.9. The molecule has 0 saturated carbocycles. The lowest BCUT2D eigenvalue weighted by molar-refractivity contribution is 0.0697. The fourth-order valence-corrected chi connectivity index (χ4v) is 5.53. The molecule has 1 aliphatic rings. The van der Waals surface area contributed by atoms with E-state index in [0.717, 1.165) is 11.1 Å². The molecule has 4 rings (SSSR count). The molecule has 1 heterocycles. The van der Waals surface area contributed by atoms with Gasteiger partial charge in [-0.25, -0.2) is 8.42 Å². The Kier molecular flexibility index (Phi) is 7.71. The summed E-state index contributed by atoms with van der Waals surface area (Å²) in [5, 5.41) is 0. The molecule has 0 radical (unpaired) electrons. The van der Waals surface area contributed by atoms with Gasteiger partial charge in [0.2, 0.25) is 10.0 Å². The molecule has 0 aliphatic carbocycles. The number of para-hydroxylation sites is 1. The first kappa shape index (κ1) is 25.4. The number of ether oxygens (including phenoxy) is 1. The second-order valence-corrected chi connectivity index (χ2v) is 10.6. The van der Waals surface area contributed by atoms with Gasteiger partial charge >= 0.3 is 0 Å². The number of piperazine rings is 1. The van der Waals surface area contributed by atoms with Crippen molar-refractivity contribution in [2.45, 2.75) is 18.2 Å². The van der Waals surface area contributed by atoms with E-state index in [4.69, 9.17) is 10.5 Å². The maximum Gasteiger partial charge on any atom is 0.253 e. The topological polar surface area (TPSA) is 110 Å².